The van der Waals surface area contributed by atoms with E-state index in [0.29, 0.717) is 5.37 Å². The molecule has 3 rings (SSSR count). The molecule has 1 aliphatic rings. The Hall–Kier alpha value is -1.87. The van der Waals surface area contributed by atoms with Gasteiger partial charge in [0.2, 0.25) is 0 Å². The number of nitrogens with one attached hydrogen (secondary N) is 1. The molecule has 0 spiro atoms. The second kappa shape index (κ2) is 5.63. The van der Waals surface area contributed by atoms with E-state index in [2.05, 4.69) is 77.9 Å². The molecular formula is C17H18N2S. The molecule has 1 N–H and O–H groups in total. The topological polar surface area (TPSA) is 15.3 Å². The van der Waals surface area contributed by atoms with Gasteiger partial charge in [0.05, 0.1) is 11.1 Å². The highest BCUT2D eigenvalue weighted by Gasteiger charge is 2.24. The maximum absolute atomic E-state index is 3.13. The first kappa shape index (κ1) is 13.1. The first-order valence-electron chi connectivity index (χ1n) is 6.72. The van der Waals surface area contributed by atoms with Gasteiger partial charge in [0.1, 0.15) is 0 Å². The lowest BCUT2D eigenvalue weighted by molar-refractivity contribution is 0.993. The average Bonchev–Trinajstić information content (AvgIpc) is 2.83. The van der Waals surface area contributed by atoms with Gasteiger partial charge in [0.25, 0.3) is 0 Å². The summed E-state index contributed by atoms with van der Waals surface area (Å²) in [6.45, 7) is 0. The van der Waals surface area contributed by atoms with Crippen LogP contribution in [0.4, 0.5) is 11.4 Å². The number of nitrogens with zero attached hydrogens (tertiary/aromatic N) is 1. The molecule has 0 saturated carbocycles. The van der Waals surface area contributed by atoms with Crippen LogP contribution in [0.25, 0.3) is 6.08 Å². The minimum absolute atomic E-state index is 0.372. The number of benzene rings is 2. The molecule has 0 aromatic heterocycles. The van der Waals surface area contributed by atoms with Crippen molar-refractivity contribution in [1.82, 2.24) is 0 Å². The molecule has 1 unspecified atom stereocenters. The Morgan fingerprint density at radius 3 is 2.55 bits per heavy atom. The average molecular weight is 282 g/mol. The Kier molecular flexibility index (Phi) is 3.70. The predicted molar refractivity (Wildman–Crippen MR) is 89.5 cm³/mol. The SMILES string of the molecule is CNc1ccc(C=CC2Sc3ccccc3N2C)cc1. The summed E-state index contributed by atoms with van der Waals surface area (Å²) in [5.74, 6) is 0. The highest BCUT2D eigenvalue weighted by Crippen LogP contribution is 2.42. The zero-order chi connectivity index (χ0) is 13.9. The number of likely N-dealkylation sites (N-methyl/N-ethyl adjacent to an activating group) is 1. The fourth-order valence-electron chi connectivity index (χ4n) is 2.32. The monoisotopic (exact) mass is 282 g/mol. The van der Waals surface area contributed by atoms with Crippen LogP contribution in [0.15, 0.2) is 59.5 Å². The van der Waals surface area contributed by atoms with Gasteiger partial charge < -0.3 is 10.2 Å². The third-order valence-electron chi connectivity index (χ3n) is 3.53. The summed E-state index contributed by atoms with van der Waals surface area (Å²) in [5.41, 5.74) is 3.69. The summed E-state index contributed by atoms with van der Waals surface area (Å²) in [4.78, 5) is 3.67. The fourth-order valence-corrected chi connectivity index (χ4v) is 3.50. The first-order valence-corrected chi connectivity index (χ1v) is 7.60. The molecule has 0 amide bonds. The lowest BCUT2D eigenvalue weighted by Crippen LogP contribution is -2.21. The summed E-state index contributed by atoms with van der Waals surface area (Å²) < 4.78 is 0. The third kappa shape index (κ3) is 2.54. The number of anilines is 2. The van der Waals surface area contributed by atoms with Gasteiger partial charge in [-0.25, -0.2) is 0 Å². The van der Waals surface area contributed by atoms with Crippen LogP contribution in [0, 0.1) is 0 Å². The minimum Gasteiger partial charge on any atom is -0.388 e. The number of para-hydroxylation sites is 1. The Morgan fingerprint density at radius 1 is 1.10 bits per heavy atom. The summed E-state index contributed by atoms with van der Waals surface area (Å²) in [5, 5.41) is 3.51. The van der Waals surface area contributed by atoms with Crippen molar-refractivity contribution in [3.8, 4) is 0 Å². The van der Waals surface area contributed by atoms with Crippen molar-refractivity contribution in [3.63, 3.8) is 0 Å². The number of hydrogen-bond donors (Lipinski definition) is 1. The summed E-state index contributed by atoms with van der Waals surface area (Å²) in [7, 11) is 4.09. The van der Waals surface area contributed by atoms with E-state index in [-0.39, 0.29) is 0 Å². The van der Waals surface area contributed by atoms with Crippen LogP contribution in [-0.4, -0.2) is 19.5 Å². The first-order chi connectivity index (χ1) is 9.78. The van der Waals surface area contributed by atoms with E-state index in [9.17, 15) is 0 Å². The number of fused-ring (bicyclic) bond motifs is 1. The van der Waals surface area contributed by atoms with Crippen molar-refractivity contribution < 1.29 is 0 Å². The van der Waals surface area contributed by atoms with Gasteiger partial charge in [0.15, 0.2) is 0 Å². The fraction of sp³-hybridized carbons (Fsp3) is 0.176. The van der Waals surface area contributed by atoms with Crippen molar-refractivity contribution >= 4 is 29.2 Å². The normalized spacial score (nSPS) is 17.5. The summed E-state index contributed by atoms with van der Waals surface area (Å²) in [6, 6.07) is 17.0. The molecule has 102 valence electrons. The highest BCUT2D eigenvalue weighted by atomic mass is 32.2. The van der Waals surface area contributed by atoms with Crippen molar-refractivity contribution in [1.29, 1.82) is 0 Å². The summed E-state index contributed by atoms with van der Waals surface area (Å²) in [6.07, 6.45) is 4.46. The van der Waals surface area contributed by atoms with Gasteiger partial charge in [-0.3, -0.25) is 0 Å². The van der Waals surface area contributed by atoms with Crippen molar-refractivity contribution in [2.75, 3.05) is 24.3 Å². The van der Waals surface area contributed by atoms with Gasteiger partial charge in [-0.15, -0.1) is 0 Å². The van der Waals surface area contributed by atoms with Crippen molar-refractivity contribution in [2.24, 2.45) is 0 Å². The molecule has 1 heterocycles. The number of thioether (sulfide) groups is 1. The quantitative estimate of drug-likeness (QED) is 0.903. The van der Waals surface area contributed by atoms with E-state index >= 15 is 0 Å². The van der Waals surface area contributed by atoms with Crippen LogP contribution in [0.1, 0.15) is 5.56 Å². The maximum Gasteiger partial charge on any atom is 0.0983 e. The molecule has 0 radical (unpaired) electrons. The molecule has 20 heavy (non-hydrogen) atoms. The van der Waals surface area contributed by atoms with Gasteiger partial charge in [-0.1, -0.05) is 48.2 Å². The molecular weight excluding hydrogens is 264 g/mol. The molecule has 2 aromatic rings. The standard InChI is InChI=1S/C17H18N2S/c1-18-14-10-7-13(8-11-14)9-12-17-19(2)15-5-3-4-6-16(15)20-17/h3-12,17-18H,1-2H3. The zero-order valence-corrected chi connectivity index (χ0v) is 12.5. The molecule has 3 heteroatoms. The van der Waals surface area contributed by atoms with Crippen LogP contribution in [-0.2, 0) is 0 Å². The molecule has 2 aromatic carbocycles. The van der Waals surface area contributed by atoms with E-state index in [1.807, 2.05) is 18.8 Å². The number of rotatable bonds is 3. The smallest absolute Gasteiger partial charge is 0.0983 e. The van der Waals surface area contributed by atoms with E-state index in [4.69, 9.17) is 0 Å². The van der Waals surface area contributed by atoms with Crippen LogP contribution in [0.2, 0.25) is 0 Å². The Balaban J connectivity index is 1.74. The molecule has 2 nitrogen and oxygen atoms in total. The molecule has 1 aliphatic heterocycles. The number of hydrogen-bond acceptors (Lipinski definition) is 3. The second-order valence-corrected chi connectivity index (χ2v) is 5.98. The second-order valence-electron chi connectivity index (χ2n) is 4.82. The molecule has 0 saturated heterocycles. The predicted octanol–water partition coefficient (Wildman–Crippen LogP) is 4.31. The van der Waals surface area contributed by atoms with E-state index in [1.54, 1.807) is 0 Å². The molecule has 1 atom stereocenters. The Labute approximate surface area is 124 Å². The summed E-state index contributed by atoms with van der Waals surface area (Å²) >= 11 is 1.90. The highest BCUT2D eigenvalue weighted by molar-refractivity contribution is 8.00. The largest absolute Gasteiger partial charge is 0.388 e. The van der Waals surface area contributed by atoms with Gasteiger partial charge >= 0.3 is 0 Å². The lowest BCUT2D eigenvalue weighted by Gasteiger charge is -2.18. The molecule has 0 fully saturated rings. The Bertz CT molecular complexity index is 619. The molecule has 0 aliphatic carbocycles. The van der Waals surface area contributed by atoms with Gasteiger partial charge in [-0.05, 0) is 29.8 Å². The Morgan fingerprint density at radius 2 is 1.85 bits per heavy atom. The van der Waals surface area contributed by atoms with Gasteiger partial charge in [0, 0.05) is 24.7 Å². The van der Waals surface area contributed by atoms with Crippen LogP contribution in [0.3, 0.4) is 0 Å². The van der Waals surface area contributed by atoms with Crippen LogP contribution < -0.4 is 10.2 Å². The van der Waals surface area contributed by atoms with E-state index < -0.39 is 0 Å². The van der Waals surface area contributed by atoms with Crippen LogP contribution in [0.5, 0.6) is 0 Å². The minimum atomic E-state index is 0.372. The van der Waals surface area contributed by atoms with E-state index in [1.165, 1.54) is 16.1 Å². The molecule has 0 bridgehead atoms. The lowest BCUT2D eigenvalue weighted by atomic mass is 10.2. The van der Waals surface area contributed by atoms with Crippen molar-refractivity contribution in [2.45, 2.75) is 10.3 Å². The van der Waals surface area contributed by atoms with Crippen molar-refractivity contribution in [3.05, 3.63) is 60.2 Å². The van der Waals surface area contributed by atoms with Crippen LogP contribution >= 0.6 is 11.8 Å². The third-order valence-corrected chi connectivity index (χ3v) is 4.84. The maximum atomic E-state index is 3.13. The van der Waals surface area contributed by atoms with Gasteiger partial charge in [-0.2, -0.15) is 0 Å². The zero-order valence-electron chi connectivity index (χ0n) is 11.7. The van der Waals surface area contributed by atoms with E-state index in [0.717, 1.165) is 5.69 Å².